The van der Waals surface area contributed by atoms with Gasteiger partial charge in [-0.15, -0.1) is 0 Å². The summed E-state index contributed by atoms with van der Waals surface area (Å²) < 4.78 is 15.4. The number of primary amides is 2. The van der Waals surface area contributed by atoms with Crippen LogP contribution < -0.4 is 31.9 Å². The number of rotatable bonds is 13. The van der Waals surface area contributed by atoms with Crippen LogP contribution in [-0.4, -0.2) is 57.4 Å². The minimum atomic E-state index is -4.73. The highest BCUT2D eigenvalue weighted by Gasteiger charge is 2.28. The maximum atomic E-state index is 12.8. The number of nitrogens with two attached hydrogens (primary N) is 2. The van der Waals surface area contributed by atoms with Gasteiger partial charge >= 0.3 is 7.82 Å². The average molecular weight is 501 g/mol. The number of phosphoric acid groups is 1. The molecule has 14 nitrogen and oxygen atoms in total. The van der Waals surface area contributed by atoms with Crippen LogP contribution in [0.4, 0.5) is 0 Å². The summed E-state index contributed by atoms with van der Waals surface area (Å²) in [6.45, 7) is 2.79. The highest BCUT2D eigenvalue weighted by atomic mass is 31.2. The fourth-order valence-electron chi connectivity index (χ4n) is 2.84. The predicted octanol–water partition coefficient (Wildman–Crippen LogP) is -2.05. The smallest absolute Gasteiger partial charge is 0.404 e. The van der Waals surface area contributed by atoms with Crippen LogP contribution in [0.25, 0.3) is 0 Å². The Labute approximate surface area is 195 Å². The monoisotopic (exact) mass is 501 g/mol. The first-order valence-corrected chi connectivity index (χ1v) is 11.5. The van der Waals surface area contributed by atoms with Gasteiger partial charge in [0, 0.05) is 13.3 Å². The van der Waals surface area contributed by atoms with Gasteiger partial charge < -0.3 is 31.9 Å². The van der Waals surface area contributed by atoms with Gasteiger partial charge in [-0.05, 0) is 24.1 Å². The summed E-state index contributed by atoms with van der Waals surface area (Å²) in [7, 11) is -4.73. The summed E-state index contributed by atoms with van der Waals surface area (Å²) in [6.07, 6.45) is -0.423. The van der Waals surface area contributed by atoms with E-state index in [1.807, 2.05) is 0 Å². The minimum Gasteiger partial charge on any atom is -0.404 e. The quantitative estimate of drug-likeness (QED) is 0.147. The van der Waals surface area contributed by atoms with Crippen molar-refractivity contribution >= 4 is 37.4 Å². The van der Waals surface area contributed by atoms with Crippen LogP contribution in [0.5, 0.6) is 5.75 Å². The molecule has 0 aromatic heterocycles. The Balaban J connectivity index is 2.93. The van der Waals surface area contributed by atoms with E-state index in [0.29, 0.717) is 5.56 Å². The standard InChI is InChI=1S/C19H28N5O9P/c1-3-13(18(28)24-14(17(21)27)9-16(20)26)23-19(29)15(22-10(2)25)8-11-4-6-12(7-5-11)33-34(30,31)32/h4-7,13-15H,3,8-9H2,1-2H3,(H2,20,26)(H2,21,27)(H,22,25)(H,23,29)(H,24,28)(H2,30,31,32)/t13-,14-,15-/m0/s1. The Kier molecular flexibility index (Phi) is 10.6. The third-order valence-electron chi connectivity index (χ3n) is 4.39. The summed E-state index contributed by atoms with van der Waals surface area (Å²) in [6, 6.07) is 1.88. The second kappa shape index (κ2) is 12.7. The lowest BCUT2D eigenvalue weighted by atomic mass is 10.0. The fraction of sp³-hybridized carbons (Fsp3) is 0.421. The van der Waals surface area contributed by atoms with Crippen molar-refractivity contribution in [1.82, 2.24) is 16.0 Å². The van der Waals surface area contributed by atoms with Gasteiger partial charge in [0.2, 0.25) is 29.5 Å². The van der Waals surface area contributed by atoms with Crippen molar-refractivity contribution in [2.24, 2.45) is 11.5 Å². The molecule has 0 radical (unpaired) electrons. The van der Waals surface area contributed by atoms with Gasteiger partial charge in [-0.25, -0.2) is 4.57 Å². The van der Waals surface area contributed by atoms with Crippen LogP contribution in [0.15, 0.2) is 24.3 Å². The Morgan fingerprint density at radius 2 is 1.47 bits per heavy atom. The summed E-state index contributed by atoms with van der Waals surface area (Å²) >= 11 is 0. The maximum absolute atomic E-state index is 12.8. The lowest BCUT2D eigenvalue weighted by Gasteiger charge is -2.23. The third kappa shape index (κ3) is 10.4. The van der Waals surface area contributed by atoms with E-state index in [1.165, 1.54) is 31.2 Å². The van der Waals surface area contributed by atoms with E-state index < -0.39 is 61.9 Å². The molecule has 15 heteroatoms. The number of amides is 5. The predicted molar refractivity (Wildman–Crippen MR) is 118 cm³/mol. The molecule has 0 aliphatic rings. The van der Waals surface area contributed by atoms with Crippen LogP contribution in [0.1, 0.15) is 32.3 Å². The fourth-order valence-corrected chi connectivity index (χ4v) is 3.23. The molecule has 0 spiro atoms. The van der Waals surface area contributed by atoms with Crippen molar-refractivity contribution in [2.45, 2.75) is 51.2 Å². The van der Waals surface area contributed by atoms with E-state index in [9.17, 15) is 28.5 Å². The first-order chi connectivity index (χ1) is 15.7. The number of benzene rings is 1. The largest absolute Gasteiger partial charge is 0.524 e. The van der Waals surface area contributed by atoms with E-state index in [4.69, 9.17) is 21.3 Å². The van der Waals surface area contributed by atoms with Crippen molar-refractivity contribution in [1.29, 1.82) is 0 Å². The van der Waals surface area contributed by atoms with Crippen LogP contribution in [0.2, 0.25) is 0 Å². The highest BCUT2D eigenvalue weighted by molar-refractivity contribution is 7.46. The van der Waals surface area contributed by atoms with Gasteiger partial charge in [0.15, 0.2) is 0 Å². The molecule has 188 valence electrons. The van der Waals surface area contributed by atoms with Crippen molar-refractivity contribution in [3.63, 3.8) is 0 Å². The van der Waals surface area contributed by atoms with Crippen molar-refractivity contribution < 1.29 is 42.8 Å². The molecule has 0 heterocycles. The maximum Gasteiger partial charge on any atom is 0.524 e. The molecule has 0 bridgehead atoms. The molecule has 5 amide bonds. The number of nitrogens with one attached hydrogen (secondary N) is 3. The minimum absolute atomic E-state index is 0.0226. The average Bonchev–Trinajstić information content (AvgIpc) is 2.70. The first-order valence-electron chi connectivity index (χ1n) is 10.0. The molecule has 1 aromatic carbocycles. The van der Waals surface area contributed by atoms with Crippen LogP contribution in [-0.2, 0) is 35.0 Å². The first kappa shape index (κ1) is 28.6. The van der Waals surface area contributed by atoms with Crippen LogP contribution in [0, 0.1) is 0 Å². The van der Waals surface area contributed by atoms with Crippen molar-refractivity contribution in [3.8, 4) is 5.75 Å². The van der Waals surface area contributed by atoms with Gasteiger partial charge in [0.25, 0.3) is 0 Å². The Morgan fingerprint density at radius 3 is 1.91 bits per heavy atom. The van der Waals surface area contributed by atoms with Gasteiger partial charge in [0.05, 0.1) is 6.42 Å². The van der Waals surface area contributed by atoms with Crippen molar-refractivity contribution in [2.75, 3.05) is 0 Å². The Bertz CT molecular complexity index is 963. The van der Waals surface area contributed by atoms with Gasteiger partial charge in [-0.1, -0.05) is 19.1 Å². The normalized spacial score (nSPS) is 13.6. The molecule has 0 saturated carbocycles. The molecule has 0 unspecified atom stereocenters. The summed E-state index contributed by atoms with van der Waals surface area (Å²) in [5.74, 6) is -3.94. The number of hydrogen-bond acceptors (Lipinski definition) is 7. The van der Waals surface area contributed by atoms with Gasteiger partial charge in [-0.3, -0.25) is 33.8 Å². The zero-order valence-electron chi connectivity index (χ0n) is 18.5. The molecule has 1 aromatic rings. The van der Waals surface area contributed by atoms with Crippen LogP contribution >= 0.6 is 7.82 Å². The molecule has 0 aliphatic heterocycles. The molecule has 0 fully saturated rings. The zero-order chi connectivity index (χ0) is 26.1. The summed E-state index contributed by atoms with van der Waals surface area (Å²) in [5, 5.41) is 7.20. The molecular weight excluding hydrogens is 473 g/mol. The number of carbonyl (C=O) groups is 5. The van der Waals surface area contributed by atoms with Gasteiger partial charge in [0.1, 0.15) is 23.9 Å². The lowest BCUT2D eigenvalue weighted by molar-refractivity contribution is -0.133. The van der Waals surface area contributed by atoms with Crippen molar-refractivity contribution in [3.05, 3.63) is 29.8 Å². The summed E-state index contributed by atoms with van der Waals surface area (Å²) in [4.78, 5) is 77.1. The molecular formula is C19H28N5O9P. The molecule has 0 aliphatic carbocycles. The van der Waals surface area contributed by atoms with E-state index in [-0.39, 0.29) is 18.6 Å². The van der Waals surface area contributed by atoms with E-state index in [2.05, 4.69) is 20.5 Å². The molecule has 9 N–H and O–H groups in total. The second-order valence-electron chi connectivity index (χ2n) is 7.29. The second-order valence-corrected chi connectivity index (χ2v) is 8.45. The van der Waals surface area contributed by atoms with E-state index in [0.717, 1.165) is 0 Å². The summed E-state index contributed by atoms with van der Waals surface area (Å²) in [5.41, 5.74) is 10.7. The van der Waals surface area contributed by atoms with E-state index >= 15 is 0 Å². The number of carbonyl (C=O) groups excluding carboxylic acids is 5. The van der Waals surface area contributed by atoms with E-state index in [1.54, 1.807) is 6.92 Å². The topological polar surface area (TPSA) is 240 Å². The lowest BCUT2D eigenvalue weighted by Crippen LogP contribution is -2.56. The number of hydrogen-bond donors (Lipinski definition) is 7. The van der Waals surface area contributed by atoms with Crippen LogP contribution in [0.3, 0.4) is 0 Å². The molecule has 3 atom stereocenters. The SMILES string of the molecule is CC[C@H](NC(=O)[C@H](Cc1ccc(OP(=O)(O)O)cc1)NC(C)=O)C(=O)N[C@@H](CC(N)=O)C(N)=O. The number of phosphoric ester groups is 1. The molecule has 1 rings (SSSR count). The molecule has 34 heavy (non-hydrogen) atoms. The Hall–Kier alpha value is -3.48. The van der Waals surface area contributed by atoms with Gasteiger partial charge in [-0.2, -0.15) is 0 Å². The third-order valence-corrected chi connectivity index (χ3v) is 4.84. The zero-order valence-corrected chi connectivity index (χ0v) is 19.4. The highest BCUT2D eigenvalue weighted by Crippen LogP contribution is 2.37. The molecule has 0 saturated heterocycles. The Morgan fingerprint density at radius 1 is 0.941 bits per heavy atom.